The third kappa shape index (κ3) is 5.95. The van der Waals surface area contributed by atoms with Gasteiger partial charge in [-0.15, -0.1) is 0 Å². The molecule has 1 saturated heterocycles. The molecule has 3 aromatic rings. The van der Waals surface area contributed by atoms with Crippen molar-refractivity contribution in [2.75, 3.05) is 4.90 Å². The van der Waals surface area contributed by atoms with Crippen LogP contribution in [0.15, 0.2) is 92.0 Å². The number of esters is 2. The van der Waals surface area contributed by atoms with Crippen LogP contribution in [0.5, 0.6) is 0 Å². The van der Waals surface area contributed by atoms with Gasteiger partial charge in [0.15, 0.2) is 0 Å². The van der Waals surface area contributed by atoms with E-state index in [0.29, 0.717) is 6.42 Å². The number of aryl methyl sites for hydroxylation is 2. The van der Waals surface area contributed by atoms with Gasteiger partial charge >= 0.3 is 11.9 Å². The maximum atomic E-state index is 12.0. The largest absolute Gasteiger partial charge is 0.454 e. The van der Waals surface area contributed by atoms with Gasteiger partial charge in [0.2, 0.25) is 0 Å². The average Bonchev–Trinajstić information content (AvgIpc) is 2.93. The summed E-state index contributed by atoms with van der Waals surface area (Å²) in [6, 6.07) is 22.2. The molecule has 1 atom stereocenters. The summed E-state index contributed by atoms with van der Waals surface area (Å²) in [5, 5.41) is 6.49. The summed E-state index contributed by atoms with van der Waals surface area (Å²) in [6.45, 7) is 15.1. The second kappa shape index (κ2) is 11.7. The Bertz CT molecular complexity index is 1360. The molecule has 1 heterocycles. The van der Waals surface area contributed by atoms with Crippen molar-refractivity contribution in [2.45, 2.75) is 52.2 Å². The maximum Gasteiger partial charge on any atom is 0.333 e. The van der Waals surface area contributed by atoms with Gasteiger partial charge in [0.1, 0.15) is 6.10 Å². The highest BCUT2D eigenvalue weighted by Crippen LogP contribution is 2.38. The van der Waals surface area contributed by atoms with Crippen LogP contribution < -0.4 is 15.5 Å². The van der Waals surface area contributed by atoms with Crippen molar-refractivity contribution in [3.8, 4) is 0 Å². The van der Waals surface area contributed by atoms with E-state index in [1.165, 1.54) is 17.2 Å². The first kappa shape index (κ1) is 27.8. The highest BCUT2D eigenvalue weighted by molar-refractivity contribution is 5.82. The van der Waals surface area contributed by atoms with Crippen LogP contribution in [-0.4, -0.2) is 18.1 Å². The number of carbonyl (C=O) groups excluding carboxylic acids is 2. The third-order valence-corrected chi connectivity index (χ3v) is 6.86. The fraction of sp³-hybridized carbons (Fsp3) is 0.250. The van der Waals surface area contributed by atoms with Crippen LogP contribution in [0.2, 0.25) is 0 Å². The van der Waals surface area contributed by atoms with E-state index in [1.807, 2.05) is 62.4 Å². The van der Waals surface area contributed by atoms with E-state index in [9.17, 15) is 9.59 Å². The Morgan fingerprint density at radius 3 is 1.97 bits per heavy atom. The highest BCUT2D eigenvalue weighted by atomic mass is 16.6. The molecule has 39 heavy (non-hydrogen) atoms. The van der Waals surface area contributed by atoms with Crippen LogP contribution in [0.1, 0.15) is 48.6 Å². The minimum atomic E-state index is -1.10. The topological polar surface area (TPSA) is 79.9 Å². The van der Waals surface area contributed by atoms with Crippen LogP contribution in [-0.2, 0) is 24.9 Å². The van der Waals surface area contributed by atoms with Gasteiger partial charge in [-0.25, -0.2) is 20.2 Å². The first-order valence-corrected chi connectivity index (χ1v) is 13.0. The van der Waals surface area contributed by atoms with Gasteiger partial charge in [-0.2, -0.15) is 0 Å². The predicted molar refractivity (Wildman–Crippen MR) is 154 cm³/mol. The molecule has 0 aromatic heterocycles. The molecule has 3 aromatic carbocycles. The number of hydrogen-bond acceptors (Lipinski definition) is 7. The van der Waals surface area contributed by atoms with Crippen LogP contribution in [0.3, 0.4) is 0 Å². The molecule has 2 N–H and O–H groups in total. The summed E-state index contributed by atoms with van der Waals surface area (Å²) in [4.78, 5) is 26.0. The molecule has 0 aliphatic carbocycles. The summed E-state index contributed by atoms with van der Waals surface area (Å²) in [6.07, 6.45) is 2.62. The zero-order valence-electron chi connectivity index (χ0n) is 22.9. The molecule has 0 spiro atoms. The summed E-state index contributed by atoms with van der Waals surface area (Å²) >= 11 is 0. The minimum absolute atomic E-state index is 0.00876. The van der Waals surface area contributed by atoms with Crippen LogP contribution in [0.4, 0.5) is 17.1 Å². The second-order valence-electron chi connectivity index (χ2n) is 9.60. The lowest BCUT2D eigenvalue weighted by molar-refractivity contribution is -0.188. The normalized spacial score (nSPS) is 18.8. The molecule has 1 aliphatic rings. The van der Waals surface area contributed by atoms with Crippen LogP contribution in [0, 0.1) is 13.8 Å². The van der Waals surface area contributed by atoms with E-state index in [4.69, 9.17) is 9.47 Å². The number of nitrogens with zero attached hydrogens (tertiary/aromatic N) is 1. The van der Waals surface area contributed by atoms with Gasteiger partial charge < -0.3 is 14.4 Å². The maximum absolute atomic E-state index is 12.0. The molecule has 7 nitrogen and oxygen atoms in total. The standard InChI is InChI=1S/C32H35N3O4/c1-7-29(38-30(36)8-2)24-11-16-26(17-12-24)35(28-15-10-21(4)22(5)20-28)27-18-13-25(14-19-27)32(33-23(6)34-32)39-31(37)9-3/h8-20,23,29,33-34H,2-3,7H2,1,4-6H3. The zero-order chi connectivity index (χ0) is 28.2. The Kier molecular flexibility index (Phi) is 8.33. The molecule has 1 aliphatic heterocycles. The van der Waals surface area contributed by atoms with Gasteiger partial charge in [-0.1, -0.05) is 50.4 Å². The minimum Gasteiger partial charge on any atom is -0.454 e. The van der Waals surface area contributed by atoms with E-state index >= 15 is 0 Å². The Labute approximate surface area is 230 Å². The van der Waals surface area contributed by atoms with Crippen molar-refractivity contribution in [2.24, 2.45) is 0 Å². The van der Waals surface area contributed by atoms with Gasteiger partial charge in [0.25, 0.3) is 5.85 Å². The lowest BCUT2D eigenvalue weighted by atomic mass is 10.0. The van der Waals surface area contributed by atoms with Gasteiger partial charge in [-0.3, -0.25) is 0 Å². The van der Waals surface area contributed by atoms with E-state index in [0.717, 1.165) is 34.3 Å². The van der Waals surface area contributed by atoms with Crippen molar-refractivity contribution in [3.63, 3.8) is 0 Å². The summed E-state index contributed by atoms with van der Waals surface area (Å²) < 4.78 is 11.1. The Hall–Kier alpha value is -4.20. The highest BCUT2D eigenvalue weighted by Gasteiger charge is 2.46. The average molecular weight is 526 g/mol. The molecule has 1 unspecified atom stereocenters. The summed E-state index contributed by atoms with van der Waals surface area (Å²) in [5.41, 5.74) is 6.95. The Morgan fingerprint density at radius 1 is 0.897 bits per heavy atom. The summed E-state index contributed by atoms with van der Waals surface area (Å²) in [5.74, 6) is -2.06. The Morgan fingerprint density at radius 2 is 1.46 bits per heavy atom. The fourth-order valence-corrected chi connectivity index (χ4v) is 4.66. The fourth-order valence-electron chi connectivity index (χ4n) is 4.66. The molecule has 0 radical (unpaired) electrons. The number of benzene rings is 3. The van der Waals surface area contributed by atoms with Gasteiger partial charge in [-0.05, 0) is 80.3 Å². The Balaban J connectivity index is 1.71. The quantitative estimate of drug-likeness (QED) is 0.236. The molecule has 0 saturated carbocycles. The van der Waals surface area contributed by atoms with Crippen molar-refractivity contribution in [1.82, 2.24) is 10.6 Å². The van der Waals surface area contributed by atoms with Crippen molar-refractivity contribution in [3.05, 3.63) is 114 Å². The van der Waals surface area contributed by atoms with E-state index in [1.54, 1.807) is 0 Å². The number of carbonyl (C=O) groups is 2. The second-order valence-corrected chi connectivity index (χ2v) is 9.60. The molecule has 0 bridgehead atoms. The number of ether oxygens (including phenoxy) is 2. The SMILES string of the molecule is C=CC(=O)OC(CC)c1ccc(N(c2ccc(C3(OC(=O)C=C)NC(C)N3)cc2)c2ccc(C)c(C)c2)cc1. The number of hydrogen-bond donors (Lipinski definition) is 2. The molecule has 7 heteroatoms. The smallest absolute Gasteiger partial charge is 0.333 e. The summed E-state index contributed by atoms with van der Waals surface area (Å²) in [7, 11) is 0. The monoisotopic (exact) mass is 525 g/mol. The van der Waals surface area contributed by atoms with Gasteiger partial charge in [0.05, 0.1) is 6.17 Å². The van der Waals surface area contributed by atoms with E-state index in [2.05, 4.69) is 60.7 Å². The molecular weight excluding hydrogens is 490 g/mol. The van der Waals surface area contributed by atoms with E-state index < -0.39 is 17.8 Å². The molecular formula is C32H35N3O4. The van der Waals surface area contributed by atoms with Crippen LogP contribution in [0.25, 0.3) is 0 Å². The van der Waals surface area contributed by atoms with Crippen molar-refractivity contribution in [1.29, 1.82) is 0 Å². The van der Waals surface area contributed by atoms with Crippen LogP contribution >= 0.6 is 0 Å². The molecule has 0 amide bonds. The molecule has 1 fully saturated rings. The number of nitrogens with one attached hydrogen (secondary N) is 2. The van der Waals surface area contributed by atoms with Crippen molar-refractivity contribution >= 4 is 29.0 Å². The first-order valence-electron chi connectivity index (χ1n) is 13.0. The van der Waals surface area contributed by atoms with Crippen molar-refractivity contribution < 1.29 is 19.1 Å². The van der Waals surface area contributed by atoms with Gasteiger partial charge in [0, 0.05) is 34.8 Å². The predicted octanol–water partition coefficient (Wildman–Crippen LogP) is 6.33. The third-order valence-electron chi connectivity index (χ3n) is 6.86. The lowest BCUT2D eigenvalue weighted by Gasteiger charge is -2.47. The molecule has 202 valence electrons. The number of anilines is 3. The van der Waals surface area contributed by atoms with E-state index in [-0.39, 0.29) is 12.3 Å². The lowest BCUT2D eigenvalue weighted by Crippen LogP contribution is -2.75. The zero-order valence-corrected chi connectivity index (χ0v) is 22.9. The molecule has 4 rings (SSSR count). The first-order chi connectivity index (χ1) is 18.7. The number of rotatable bonds is 10.